The van der Waals surface area contributed by atoms with Crippen LogP contribution in [0.4, 0.5) is 0 Å². The van der Waals surface area contributed by atoms with Crippen LogP contribution < -0.4 is 16.0 Å². The second-order valence-electron chi connectivity index (χ2n) is 5.60. The zero-order chi connectivity index (χ0) is 16.6. The molecule has 0 aromatic carbocycles. The van der Waals surface area contributed by atoms with Crippen LogP contribution in [0.2, 0.25) is 0 Å². The third-order valence-electron chi connectivity index (χ3n) is 3.56. The van der Waals surface area contributed by atoms with Crippen molar-refractivity contribution in [2.75, 3.05) is 0 Å². The second kappa shape index (κ2) is 5.11. The highest BCUT2D eigenvalue weighted by atomic mass is 32.2. The quantitative estimate of drug-likeness (QED) is 0.560. The first-order chi connectivity index (χ1) is 9.31. The van der Waals surface area contributed by atoms with Gasteiger partial charge in [-0.3, -0.25) is 14.6 Å². The van der Waals surface area contributed by atoms with Gasteiger partial charge in [0.05, 0.1) is 5.41 Å². The minimum Gasteiger partial charge on any atom is -0.481 e. The molecule has 21 heavy (non-hydrogen) atoms. The van der Waals surface area contributed by atoms with Crippen molar-refractivity contribution in [3.8, 4) is 0 Å². The van der Waals surface area contributed by atoms with Gasteiger partial charge in [0, 0.05) is 11.7 Å². The topological polar surface area (TPSA) is 149 Å². The molecule has 0 atom stereocenters. The van der Waals surface area contributed by atoms with Crippen LogP contribution in [-0.4, -0.2) is 35.0 Å². The van der Waals surface area contributed by atoms with Crippen LogP contribution >= 0.6 is 0 Å². The van der Waals surface area contributed by atoms with Crippen molar-refractivity contribution >= 4 is 16.0 Å². The van der Waals surface area contributed by atoms with Crippen molar-refractivity contribution in [1.82, 2.24) is 14.7 Å². The molecule has 0 aliphatic heterocycles. The van der Waals surface area contributed by atoms with Gasteiger partial charge in [-0.15, -0.1) is 0 Å². The number of sulfonamides is 1. The van der Waals surface area contributed by atoms with E-state index in [0.29, 0.717) is 0 Å². The number of rotatable bonds is 5. The zero-order valence-electron chi connectivity index (χ0n) is 12.0. The fourth-order valence-electron chi connectivity index (χ4n) is 1.38. The molecule has 0 fully saturated rings. The predicted octanol–water partition coefficient (Wildman–Crippen LogP) is -0.769. The third-order valence-corrected chi connectivity index (χ3v) is 5.22. The lowest BCUT2D eigenvalue weighted by atomic mass is 9.75. The molecule has 1 aromatic heterocycles. The Morgan fingerprint density at radius 2 is 1.76 bits per heavy atom. The summed E-state index contributed by atoms with van der Waals surface area (Å²) in [4.78, 5) is 36.8. The highest BCUT2D eigenvalue weighted by molar-refractivity contribution is 7.89. The standard InChI is InChI=1S/C11H17N3O6S/c1-10(2,8(16)17)11(3,4)14-21(19,20)6-5-12-9(18)13-7(6)15/h5,14H,1-4H3,(H,16,17)(H2,12,13,15,18). The number of aromatic nitrogens is 2. The summed E-state index contributed by atoms with van der Waals surface area (Å²) >= 11 is 0. The average molecular weight is 319 g/mol. The summed E-state index contributed by atoms with van der Waals surface area (Å²) in [5, 5.41) is 9.19. The number of aliphatic carboxylic acids is 1. The first-order valence-corrected chi connectivity index (χ1v) is 7.39. The number of H-pyrrole nitrogens is 2. The van der Waals surface area contributed by atoms with E-state index >= 15 is 0 Å². The van der Waals surface area contributed by atoms with Crippen molar-refractivity contribution < 1.29 is 18.3 Å². The van der Waals surface area contributed by atoms with Crippen LogP contribution in [0, 0.1) is 5.41 Å². The molecule has 4 N–H and O–H groups in total. The summed E-state index contributed by atoms with van der Waals surface area (Å²) in [5.74, 6) is -1.20. The molecule has 10 heteroatoms. The molecule has 0 aliphatic rings. The predicted molar refractivity (Wildman–Crippen MR) is 73.5 cm³/mol. The van der Waals surface area contributed by atoms with Crippen LogP contribution in [0.1, 0.15) is 27.7 Å². The molecule has 0 saturated heterocycles. The number of aromatic amines is 2. The number of hydrogen-bond donors (Lipinski definition) is 4. The van der Waals surface area contributed by atoms with Crippen LogP contribution in [0.3, 0.4) is 0 Å². The van der Waals surface area contributed by atoms with Gasteiger partial charge >= 0.3 is 11.7 Å². The third kappa shape index (κ3) is 3.22. The normalized spacial score (nSPS) is 13.1. The molecule has 0 bridgehead atoms. The van der Waals surface area contributed by atoms with E-state index in [1.54, 1.807) is 4.98 Å². The van der Waals surface area contributed by atoms with E-state index in [1.807, 2.05) is 4.98 Å². The molecule has 1 rings (SSSR count). The van der Waals surface area contributed by atoms with Crippen molar-refractivity contribution in [2.24, 2.45) is 5.41 Å². The summed E-state index contributed by atoms with van der Waals surface area (Å²) in [7, 11) is -4.31. The van der Waals surface area contributed by atoms with E-state index in [0.717, 1.165) is 6.20 Å². The summed E-state index contributed by atoms with van der Waals surface area (Å²) in [5.41, 5.74) is -4.76. The molecular formula is C11H17N3O6S. The smallest absolute Gasteiger partial charge is 0.325 e. The SMILES string of the molecule is CC(C)(NS(=O)(=O)c1c[nH]c(=O)[nH]c1=O)C(C)(C)C(=O)O. The highest BCUT2D eigenvalue weighted by Crippen LogP contribution is 2.31. The average Bonchev–Trinajstić information content (AvgIpc) is 2.25. The Labute approximate surface area is 120 Å². The van der Waals surface area contributed by atoms with Crippen molar-refractivity contribution in [2.45, 2.75) is 38.1 Å². The highest BCUT2D eigenvalue weighted by Gasteiger charge is 2.46. The maximum Gasteiger partial charge on any atom is 0.325 e. The van der Waals surface area contributed by atoms with Gasteiger partial charge in [0.15, 0.2) is 4.90 Å². The summed E-state index contributed by atoms with van der Waals surface area (Å²) in [6, 6.07) is 0. The van der Waals surface area contributed by atoms with Gasteiger partial charge < -0.3 is 10.1 Å². The number of carboxylic acid groups (broad SMARTS) is 1. The number of nitrogens with one attached hydrogen (secondary N) is 3. The monoisotopic (exact) mass is 319 g/mol. The van der Waals surface area contributed by atoms with Crippen LogP contribution in [0.15, 0.2) is 20.7 Å². The molecular weight excluding hydrogens is 302 g/mol. The minimum atomic E-state index is -4.31. The van der Waals surface area contributed by atoms with E-state index in [1.165, 1.54) is 27.7 Å². The Morgan fingerprint density at radius 3 is 2.19 bits per heavy atom. The van der Waals surface area contributed by atoms with E-state index in [9.17, 15) is 27.9 Å². The number of hydrogen-bond acceptors (Lipinski definition) is 5. The van der Waals surface area contributed by atoms with Crippen molar-refractivity contribution in [1.29, 1.82) is 0 Å². The van der Waals surface area contributed by atoms with Crippen LogP contribution in [-0.2, 0) is 14.8 Å². The molecule has 118 valence electrons. The minimum absolute atomic E-state index is 0.698. The molecule has 0 spiro atoms. The van der Waals surface area contributed by atoms with E-state index in [2.05, 4.69) is 4.72 Å². The van der Waals surface area contributed by atoms with Gasteiger partial charge in [-0.2, -0.15) is 0 Å². The lowest BCUT2D eigenvalue weighted by Gasteiger charge is -2.38. The Morgan fingerprint density at radius 1 is 1.24 bits per heavy atom. The van der Waals surface area contributed by atoms with Gasteiger partial charge in [-0.05, 0) is 27.7 Å². The molecule has 0 radical (unpaired) electrons. The van der Waals surface area contributed by atoms with Gasteiger partial charge in [-0.1, -0.05) is 0 Å². The van der Waals surface area contributed by atoms with E-state index in [4.69, 9.17) is 0 Å². The molecule has 1 aromatic rings. The van der Waals surface area contributed by atoms with E-state index < -0.39 is 43.1 Å². The number of carboxylic acids is 1. The Hall–Kier alpha value is -1.94. The fraction of sp³-hybridized carbons (Fsp3) is 0.545. The molecule has 1 heterocycles. The van der Waals surface area contributed by atoms with Crippen LogP contribution in [0.25, 0.3) is 0 Å². The Bertz CT molecular complexity index is 772. The first kappa shape index (κ1) is 17.1. The van der Waals surface area contributed by atoms with Crippen molar-refractivity contribution in [3.63, 3.8) is 0 Å². The van der Waals surface area contributed by atoms with Gasteiger partial charge in [0.1, 0.15) is 0 Å². The van der Waals surface area contributed by atoms with Gasteiger partial charge in [-0.25, -0.2) is 17.9 Å². The maximum absolute atomic E-state index is 12.2. The van der Waals surface area contributed by atoms with E-state index in [-0.39, 0.29) is 0 Å². The fourth-order valence-corrected chi connectivity index (χ4v) is 2.93. The molecule has 0 unspecified atom stereocenters. The first-order valence-electron chi connectivity index (χ1n) is 5.90. The summed E-state index contributed by atoms with van der Waals surface area (Å²) in [6.07, 6.45) is 0.757. The zero-order valence-corrected chi connectivity index (χ0v) is 12.8. The number of carbonyl (C=O) groups is 1. The van der Waals surface area contributed by atoms with Crippen molar-refractivity contribution in [3.05, 3.63) is 27.0 Å². The van der Waals surface area contributed by atoms with Gasteiger partial charge in [0.2, 0.25) is 10.0 Å². The Kier molecular flexibility index (Phi) is 4.17. The lowest BCUT2D eigenvalue weighted by Crippen LogP contribution is -2.57. The maximum atomic E-state index is 12.2. The molecule has 0 aliphatic carbocycles. The molecule has 0 amide bonds. The Balaban J connectivity index is 3.31. The molecule has 0 saturated carbocycles. The second-order valence-corrected chi connectivity index (χ2v) is 7.25. The lowest BCUT2D eigenvalue weighted by molar-refractivity contribution is -0.150. The van der Waals surface area contributed by atoms with Crippen LogP contribution in [0.5, 0.6) is 0 Å². The molecule has 9 nitrogen and oxygen atoms in total. The van der Waals surface area contributed by atoms with Gasteiger partial charge in [0.25, 0.3) is 5.56 Å². The summed E-state index contributed by atoms with van der Waals surface area (Å²) in [6.45, 7) is 5.49. The summed E-state index contributed by atoms with van der Waals surface area (Å²) < 4.78 is 26.6. The largest absolute Gasteiger partial charge is 0.481 e.